The minimum atomic E-state index is -0.972. The summed E-state index contributed by atoms with van der Waals surface area (Å²) < 4.78 is 4.59. The molecule has 0 aliphatic rings. The fourth-order valence-electron chi connectivity index (χ4n) is 1.20. The molecule has 1 N–H and O–H groups in total. The molecule has 13 heavy (non-hydrogen) atoms. The first-order valence-corrected chi connectivity index (χ1v) is 4.18. The number of ether oxygens (including phenoxy) is 1. The van der Waals surface area contributed by atoms with E-state index in [2.05, 4.69) is 10.1 Å². The lowest BCUT2D eigenvalue weighted by atomic mass is 9.91. The molecule has 0 bridgehead atoms. The van der Waals surface area contributed by atoms with Gasteiger partial charge < -0.3 is 10.1 Å². The van der Waals surface area contributed by atoms with Crippen LogP contribution in [0.4, 0.5) is 4.79 Å². The number of esters is 1. The predicted molar refractivity (Wildman–Crippen MR) is 49.6 cm³/mol. The van der Waals surface area contributed by atoms with Crippen LogP contribution in [0.2, 0.25) is 0 Å². The lowest BCUT2D eigenvalue weighted by molar-refractivity contribution is -0.148. The summed E-state index contributed by atoms with van der Waals surface area (Å²) in [6.45, 7) is 3.58. The molecule has 0 atom stereocenters. The molecule has 0 aliphatic heterocycles. The van der Waals surface area contributed by atoms with E-state index in [1.165, 1.54) is 7.11 Å². The van der Waals surface area contributed by atoms with E-state index in [-0.39, 0.29) is 0 Å². The van der Waals surface area contributed by atoms with Crippen molar-refractivity contribution < 1.29 is 14.3 Å². The predicted octanol–water partition coefficient (Wildman–Crippen LogP) is 0.596. The van der Waals surface area contributed by atoms with Crippen molar-refractivity contribution in [2.24, 2.45) is 0 Å². The Morgan fingerprint density at radius 3 is 2.08 bits per heavy atom. The van der Waals surface area contributed by atoms with Gasteiger partial charge in [0.15, 0.2) is 5.81 Å². The summed E-state index contributed by atoms with van der Waals surface area (Å²) in [6, 6.07) is 0. The fraction of sp³-hybridized carbons (Fsp3) is 0.750. The molecule has 0 spiro atoms. The molecule has 0 aromatic rings. The van der Waals surface area contributed by atoms with Crippen molar-refractivity contribution in [2.75, 3.05) is 7.11 Å². The Balaban J connectivity index is 4.68. The summed E-state index contributed by atoms with van der Waals surface area (Å²) >= 11 is 0. The standard InChI is InChI=1S/C8H14BNO3/c1-4-8(5-2,6(11)13-3)10-7(9)12/h4-5H2,1-3H3,(H,10,12). The first kappa shape index (κ1) is 12.0. The zero-order valence-corrected chi connectivity index (χ0v) is 8.22. The van der Waals surface area contributed by atoms with Gasteiger partial charge in [-0.15, -0.1) is 0 Å². The second kappa shape index (κ2) is 4.89. The van der Waals surface area contributed by atoms with Crippen LogP contribution < -0.4 is 5.32 Å². The number of nitrogens with one attached hydrogen (secondary N) is 1. The number of hydrogen-bond acceptors (Lipinski definition) is 3. The molecular formula is C8H14BNO3. The van der Waals surface area contributed by atoms with Crippen LogP contribution in [0.25, 0.3) is 0 Å². The molecule has 72 valence electrons. The average molecular weight is 183 g/mol. The monoisotopic (exact) mass is 183 g/mol. The largest absolute Gasteiger partial charge is 0.467 e. The highest BCUT2D eigenvalue weighted by molar-refractivity contribution is 6.57. The van der Waals surface area contributed by atoms with E-state index in [1.54, 1.807) is 13.8 Å². The van der Waals surface area contributed by atoms with Crippen LogP contribution in [0.3, 0.4) is 0 Å². The molecule has 0 rings (SSSR count). The molecule has 2 radical (unpaired) electrons. The number of carbonyl (C=O) groups excluding carboxylic acids is 2. The molecule has 4 nitrogen and oxygen atoms in total. The molecule has 0 aliphatic carbocycles. The zero-order chi connectivity index (χ0) is 10.5. The third kappa shape index (κ3) is 2.75. The van der Waals surface area contributed by atoms with Gasteiger partial charge in [-0.05, 0) is 12.8 Å². The first-order valence-electron chi connectivity index (χ1n) is 4.18. The lowest BCUT2D eigenvalue weighted by Crippen LogP contribution is -2.54. The van der Waals surface area contributed by atoms with Gasteiger partial charge in [-0.25, -0.2) is 4.79 Å². The van der Waals surface area contributed by atoms with Crippen LogP contribution in [0.1, 0.15) is 26.7 Å². The molecule has 5 heteroatoms. The number of carbonyl (C=O) groups is 2. The van der Waals surface area contributed by atoms with Gasteiger partial charge in [-0.2, -0.15) is 0 Å². The number of methoxy groups -OCH3 is 1. The average Bonchev–Trinajstić information content (AvgIpc) is 2.12. The second-order valence-electron chi connectivity index (χ2n) is 2.77. The summed E-state index contributed by atoms with van der Waals surface area (Å²) in [4.78, 5) is 22.0. The highest BCUT2D eigenvalue weighted by atomic mass is 16.5. The molecule has 0 unspecified atom stereocenters. The van der Waals surface area contributed by atoms with Crippen molar-refractivity contribution in [3.63, 3.8) is 0 Å². The Kier molecular flexibility index (Phi) is 4.52. The quantitative estimate of drug-likeness (QED) is 0.512. The topological polar surface area (TPSA) is 55.4 Å². The minimum Gasteiger partial charge on any atom is -0.467 e. The van der Waals surface area contributed by atoms with E-state index in [0.717, 1.165) is 0 Å². The van der Waals surface area contributed by atoms with Gasteiger partial charge in [-0.3, -0.25) is 4.79 Å². The van der Waals surface area contributed by atoms with Gasteiger partial charge in [0.05, 0.1) is 7.11 Å². The molecule has 1 amide bonds. The summed E-state index contributed by atoms with van der Waals surface area (Å²) in [7, 11) is 6.25. The molecule has 0 saturated carbocycles. The highest BCUT2D eigenvalue weighted by Crippen LogP contribution is 2.16. The minimum absolute atomic E-state index is 0.457. The third-order valence-electron chi connectivity index (χ3n) is 2.15. The van der Waals surface area contributed by atoms with Crippen molar-refractivity contribution in [1.82, 2.24) is 5.32 Å². The number of hydrogen-bond donors (Lipinski definition) is 1. The highest BCUT2D eigenvalue weighted by Gasteiger charge is 2.36. The van der Waals surface area contributed by atoms with E-state index in [9.17, 15) is 9.59 Å². The van der Waals surface area contributed by atoms with E-state index in [1.807, 2.05) is 0 Å². The lowest BCUT2D eigenvalue weighted by Gasteiger charge is -2.29. The normalized spacial score (nSPS) is 10.7. The Labute approximate surface area is 79.4 Å². The van der Waals surface area contributed by atoms with E-state index in [4.69, 9.17) is 7.85 Å². The second-order valence-corrected chi connectivity index (χ2v) is 2.77. The molecule has 0 heterocycles. The van der Waals surface area contributed by atoms with Crippen molar-refractivity contribution in [1.29, 1.82) is 0 Å². The number of rotatable bonds is 4. The summed E-state index contributed by atoms with van der Waals surface area (Å²) in [5, 5.41) is 2.41. The summed E-state index contributed by atoms with van der Waals surface area (Å²) in [6.07, 6.45) is 0.915. The molecule has 0 saturated heterocycles. The Hall–Kier alpha value is -0.995. The number of amides is 1. The van der Waals surface area contributed by atoms with E-state index in [0.29, 0.717) is 12.8 Å². The SMILES string of the molecule is [B]C(=O)NC(CC)(CC)C(=O)OC. The Morgan fingerprint density at radius 1 is 1.38 bits per heavy atom. The van der Waals surface area contributed by atoms with Crippen molar-refractivity contribution in [2.45, 2.75) is 32.2 Å². The maximum Gasteiger partial charge on any atom is 0.331 e. The van der Waals surface area contributed by atoms with Crippen LogP contribution in [0.5, 0.6) is 0 Å². The fourth-order valence-corrected chi connectivity index (χ4v) is 1.20. The molecule has 0 aromatic heterocycles. The third-order valence-corrected chi connectivity index (χ3v) is 2.15. The Morgan fingerprint density at radius 2 is 1.85 bits per heavy atom. The first-order chi connectivity index (χ1) is 6.02. The van der Waals surface area contributed by atoms with Gasteiger partial charge in [-0.1, -0.05) is 13.8 Å². The van der Waals surface area contributed by atoms with Crippen molar-refractivity contribution in [3.05, 3.63) is 0 Å². The van der Waals surface area contributed by atoms with Crippen LogP contribution in [0, 0.1) is 0 Å². The van der Waals surface area contributed by atoms with E-state index >= 15 is 0 Å². The maximum absolute atomic E-state index is 11.3. The zero-order valence-electron chi connectivity index (χ0n) is 8.22. The van der Waals surface area contributed by atoms with Crippen LogP contribution >= 0.6 is 0 Å². The smallest absolute Gasteiger partial charge is 0.331 e. The van der Waals surface area contributed by atoms with Crippen LogP contribution in [0.15, 0.2) is 0 Å². The van der Waals surface area contributed by atoms with Gasteiger partial charge in [0.2, 0.25) is 7.85 Å². The van der Waals surface area contributed by atoms with Gasteiger partial charge in [0.25, 0.3) is 0 Å². The molecular weight excluding hydrogens is 169 g/mol. The summed E-state index contributed by atoms with van der Waals surface area (Å²) in [5.41, 5.74) is -0.972. The van der Waals surface area contributed by atoms with Gasteiger partial charge >= 0.3 is 5.97 Å². The maximum atomic E-state index is 11.3. The van der Waals surface area contributed by atoms with Gasteiger partial charge in [0, 0.05) is 0 Å². The molecule has 0 fully saturated rings. The van der Waals surface area contributed by atoms with Crippen LogP contribution in [-0.2, 0) is 9.53 Å². The van der Waals surface area contributed by atoms with Gasteiger partial charge in [0.1, 0.15) is 5.54 Å². The van der Waals surface area contributed by atoms with Crippen molar-refractivity contribution >= 4 is 19.6 Å². The summed E-state index contributed by atoms with van der Waals surface area (Å²) in [5.74, 6) is -1.18. The molecule has 0 aromatic carbocycles. The van der Waals surface area contributed by atoms with Crippen molar-refractivity contribution in [3.8, 4) is 0 Å². The van der Waals surface area contributed by atoms with E-state index < -0.39 is 17.3 Å². The van der Waals surface area contributed by atoms with Crippen LogP contribution in [-0.4, -0.2) is 32.3 Å². The Bertz CT molecular complexity index is 202.